The van der Waals surface area contributed by atoms with E-state index < -0.39 is 0 Å². The third-order valence-corrected chi connectivity index (χ3v) is 3.40. The van der Waals surface area contributed by atoms with Crippen molar-refractivity contribution < 1.29 is 4.74 Å². The Labute approximate surface area is 86.8 Å². The zero-order chi connectivity index (χ0) is 9.97. The van der Waals surface area contributed by atoms with Crippen LogP contribution in [0.2, 0.25) is 0 Å². The van der Waals surface area contributed by atoms with E-state index in [9.17, 15) is 0 Å². The van der Waals surface area contributed by atoms with Crippen LogP contribution in [0.5, 0.6) is 0 Å². The number of hydrogen-bond donors (Lipinski definition) is 1. The number of ether oxygens (including phenoxy) is 1. The number of nitrogens with one attached hydrogen (secondary N) is 1. The van der Waals surface area contributed by atoms with Gasteiger partial charge in [0, 0.05) is 19.6 Å². The average Bonchev–Trinajstić information content (AvgIpc) is 2.82. The molecule has 0 aromatic rings. The zero-order valence-corrected chi connectivity index (χ0v) is 9.33. The number of likely N-dealkylation sites (N-methyl/N-ethyl adjacent to an activating group) is 1. The fraction of sp³-hybridized carbons (Fsp3) is 1.00. The first-order chi connectivity index (χ1) is 6.75. The molecule has 1 N–H and O–H groups in total. The van der Waals surface area contributed by atoms with Crippen LogP contribution in [0, 0.1) is 11.8 Å². The van der Waals surface area contributed by atoms with E-state index in [1.165, 1.54) is 13.0 Å². The van der Waals surface area contributed by atoms with Crippen LogP contribution in [-0.4, -0.2) is 50.8 Å². The zero-order valence-electron chi connectivity index (χ0n) is 9.33. The summed E-state index contributed by atoms with van der Waals surface area (Å²) in [5, 5.41) is 3.52. The van der Waals surface area contributed by atoms with Gasteiger partial charge in [0.25, 0.3) is 0 Å². The summed E-state index contributed by atoms with van der Waals surface area (Å²) in [7, 11) is 2.17. The summed E-state index contributed by atoms with van der Waals surface area (Å²) >= 11 is 0. The minimum Gasteiger partial charge on any atom is -0.374 e. The summed E-state index contributed by atoms with van der Waals surface area (Å²) in [5.74, 6) is 1.90. The summed E-state index contributed by atoms with van der Waals surface area (Å²) in [5.41, 5.74) is 0. The third-order valence-electron chi connectivity index (χ3n) is 3.40. The van der Waals surface area contributed by atoms with Crippen molar-refractivity contribution in [2.45, 2.75) is 19.4 Å². The maximum absolute atomic E-state index is 5.67. The Balaban J connectivity index is 1.55. The summed E-state index contributed by atoms with van der Waals surface area (Å²) in [6, 6.07) is 0. The maximum atomic E-state index is 5.67. The smallest absolute Gasteiger partial charge is 0.0826 e. The van der Waals surface area contributed by atoms with E-state index in [4.69, 9.17) is 4.74 Å². The van der Waals surface area contributed by atoms with Crippen molar-refractivity contribution in [2.24, 2.45) is 11.8 Å². The van der Waals surface area contributed by atoms with E-state index in [0.717, 1.165) is 38.1 Å². The van der Waals surface area contributed by atoms with Crippen LogP contribution >= 0.6 is 0 Å². The van der Waals surface area contributed by atoms with Crippen molar-refractivity contribution in [2.75, 3.05) is 39.8 Å². The first kappa shape index (κ1) is 10.4. The van der Waals surface area contributed by atoms with Gasteiger partial charge in [0.15, 0.2) is 0 Å². The van der Waals surface area contributed by atoms with Gasteiger partial charge in [-0.3, -0.25) is 0 Å². The predicted octanol–water partition coefficient (Wildman–Crippen LogP) is 0.563. The Bertz CT molecular complexity index is 186. The van der Waals surface area contributed by atoms with E-state index in [-0.39, 0.29) is 0 Å². The lowest BCUT2D eigenvalue weighted by molar-refractivity contribution is -0.0181. The SMILES string of the molecule is CC1CC1CNCC1CN(C)CCO1. The lowest BCUT2D eigenvalue weighted by atomic mass is 10.2. The summed E-state index contributed by atoms with van der Waals surface area (Å²) in [4.78, 5) is 2.34. The van der Waals surface area contributed by atoms with Crippen molar-refractivity contribution in [1.82, 2.24) is 10.2 Å². The molecule has 0 radical (unpaired) electrons. The minimum atomic E-state index is 0.405. The molecule has 0 bridgehead atoms. The van der Waals surface area contributed by atoms with Crippen LogP contribution < -0.4 is 5.32 Å². The van der Waals surface area contributed by atoms with Gasteiger partial charge in [0.1, 0.15) is 0 Å². The standard InChI is InChI=1S/C11H22N2O/c1-9-5-10(9)6-12-7-11-8-13(2)3-4-14-11/h9-12H,3-8H2,1-2H3. The van der Waals surface area contributed by atoms with Gasteiger partial charge in [-0.1, -0.05) is 6.92 Å². The number of morpholine rings is 1. The minimum absolute atomic E-state index is 0.405. The van der Waals surface area contributed by atoms with Gasteiger partial charge in [-0.05, 0) is 31.8 Å². The molecule has 1 saturated carbocycles. The Morgan fingerprint density at radius 3 is 2.86 bits per heavy atom. The number of nitrogens with zero attached hydrogens (tertiary/aromatic N) is 1. The van der Waals surface area contributed by atoms with E-state index >= 15 is 0 Å². The molecule has 3 atom stereocenters. The molecule has 82 valence electrons. The van der Waals surface area contributed by atoms with E-state index in [2.05, 4.69) is 24.2 Å². The molecule has 1 aliphatic carbocycles. The summed E-state index contributed by atoms with van der Waals surface area (Å²) in [6.45, 7) is 7.58. The Morgan fingerprint density at radius 1 is 1.43 bits per heavy atom. The highest BCUT2D eigenvalue weighted by atomic mass is 16.5. The van der Waals surface area contributed by atoms with Crippen LogP contribution in [0.3, 0.4) is 0 Å². The highest BCUT2D eigenvalue weighted by molar-refractivity contribution is 4.84. The fourth-order valence-corrected chi connectivity index (χ4v) is 2.10. The molecule has 0 spiro atoms. The van der Waals surface area contributed by atoms with Crippen LogP contribution in [0.25, 0.3) is 0 Å². The van der Waals surface area contributed by atoms with Gasteiger partial charge in [-0.25, -0.2) is 0 Å². The van der Waals surface area contributed by atoms with Gasteiger partial charge in [0.05, 0.1) is 12.7 Å². The van der Waals surface area contributed by atoms with Crippen molar-refractivity contribution in [3.8, 4) is 0 Å². The molecule has 3 unspecified atom stereocenters. The molecule has 3 nitrogen and oxygen atoms in total. The van der Waals surface area contributed by atoms with Gasteiger partial charge < -0.3 is 15.0 Å². The molecule has 0 aromatic heterocycles. The van der Waals surface area contributed by atoms with Crippen molar-refractivity contribution in [3.63, 3.8) is 0 Å². The fourth-order valence-electron chi connectivity index (χ4n) is 2.10. The molecule has 3 heteroatoms. The molecule has 1 heterocycles. The summed E-state index contributed by atoms with van der Waals surface area (Å²) in [6.07, 6.45) is 1.82. The second-order valence-corrected chi connectivity index (χ2v) is 4.89. The molecule has 1 aliphatic heterocycles. The first-order valence-corrected chi connectivity index (χ1v) is 5.76. The molecule has 14 heavy (non-hydrogen) atoms. The predicted molar refractivity (Wildman–Crippen MR) is 57.4 cm³/mol. The number of hydrogen-bond acceptors (Lipinski definition) is 3. The highest BCUT2D eigenvalue weighted by Crippen LogP contribution is 2.36. The third kappa shape index (κ3) is 2.94. The van der Waals surface area contributed by atoms with Gasteiger partial charge in [0.2, 0.25) is 0 Å². The van der Waals surface area contributed by atoms with Gasteiger partial charge in [-0.2, -0.15) is 0 Å². The maximum Gasteiger partial charge on any atom is 0.0826 e. The van der Waals surface area contributed by atoms with Gasteiger partial charge in [-0.15, -0.1) is 0 Å². The topological polar surface area (TPSA) is 24.5 Å². The van der Waals surface area contributed by atoms with Crippen LogP contribution in [0.1, 0.15) is 13.3 Å². The Hall–Kier alpha value is -0.120. The molecule has 0 aromatic carbocycles. The Morgan fingerprint density at radius 2 is 2.21 bits per heavy atom. The van der Waals surface area contributed by atoms with Crippen LogP contribution in [-0.2, 0) is 4.74 Å². The molecular weight excluding hydrogens is 176 g/mol. The summed E-state index contributed by atoms with van der Waals surface area (Å²) < 4.78 is 5.67. The van der Waals surface area contributed by atoms with E-state index in [0.29, 0.717) is 6.10 Å². The first-order valence-electron chi connectivity index (χ1n) is 5.76. The van der Waals surface area contributed by atoms with Crippen molar-refractivity contribution in [3.05, 3.63) is 0 Å². The molecular formula is C11H22N2O. The normalized spacial score (nSPS) is 38.6. The Kier molecular flexibility index (Phi) is 3.42. The second kappa shape index (κ2) is 4.60. The van der Waals surface area contributed by atoms with Crippen LogP contribution in [0.4, 0.5) is 0 Å². The molecule has 1 saturated heterocycles. The van der Waals surface area contributed by atoms with Crippen LogP contribution in [0.15, 0.2) is 0 Å². The second-order valence-electron chi connectivity index (χ2n) is 4.89. The van der Waals surface area contributed by atoms with Crippen molar-refractivity contribution >= 4 is 0 Å². The lowest BCUT2D eigenvalue weighted by Crippen LogP contribution is -2.45. The lowest BCUT2D eigenvalue weighted by Gasteiger charge is -2.30. The highest BCUT2D eigenvalue weighted by Gasteiger charge is 2.31. The molecule has 2 rings (SSSR count). The monoisotopic (exact) mass is 198 g/mol. The molecule has 2 aliphatic rings. The van der Waals surface area contributed by atoms with Gasteiger partial charge >= 0.3 is 0 Å². The molecule has 2 fully saturated rings. The number of rotatable bonds is 4. The largest absolute Gasteiger partial charge is 0.374 e. The van der Waals surface area contributed by atoms with Crippen molar-refractivity contribution in [1.29, 1.82) is 0 Å². The van der Waals surface area contributed by atoms with E-state index in [1.54, 1.807) is 0 Å². The average molecular weight is 198 g/mol. The molecule has 0 amide bonds. The quantitative estimate of drug-likeness (QED) is 0.714. The van der Waals surface area contributed by atoms with E-state index in [1.807, 2.05) is 0 Å².